The van der Waals surface area contributed by atoms with E-state index in [1.54, 1.807) is 34.6 Å². The third kappa shape index (κ3) is 10.2. The highest BCUT2D eigenvalue weighted by Gasteiger charge is 2.38. The normalized spacial score (nSPS) is 13.9. The molecule has 2 amide bonds. The summed E-state index contributed by atoms with van der Waals surface area (Å²) in [4.78, 5) is 50.3. The van der Waals surface area contributed by atoms with Crippen molar-refractivity contribution in [3.63, 3.8) is 0 Å². The van der Waals surface area contributed by atoms with Gasteiger partial charge in [0.25, 0.3) is 0 Å². The molecule has 188 valence electrons. The summed E-state index contributed by atoms with van der Waals surface area (Å²) in [6, 6.07) is 7.78. The lowest BCUT2D eigenvalue weighted by molar-refractivity contribution is -0.160. The van der Waals surface area contributed by atoms with Crippen LogP contribution in [0, 0.1) is 11.8 Å². The summed E-state index contributed by atoms with van der Waals surface area (Å²) in [5.41, 5.74) is 5.58. The van der Waals surface area contributed by atoms with Gasteiger partial charge >= 0.3 is 11.9 Å². The first-order chi connectivity index (χ1) is 15.9. The van der Waals surface area contributed by atoms with Gasteiger partial charge in [0.05, 0.1) is 18.9 Å². The molecule has 1 aromatic rings. The van der Waals surface area contributed by atoms with E-state index in [0.29, 0.717) is 0 Å². The fourth-order valence-corrected chi connectivity index (χ4v) is 3.17. The molecule has 0 fully saturated rings. The van der Waals surface area contributed by atoms with E-state index < -0.39 is 53.8 Å². The zero-order valence-corrected chi connectivity index (χ0v) is 20.5. The minimum Gasteiger partial charge on any atom is -0.460 e. The number of esters is 2. The number of nitrogens with two attached hydrogens (primary N) is 1. The van der Waals surface area contributed by atoms with E-state index in [-0.39, 0.29) is 19.1 Å². The molecule has 3 unspecified atom stereocenters. The number of amides is 2. The van der Waals surface area contributed by atoms with Crippen LogP contribution >= 0.6 is 0 Å². The van der Waals surface area contributed by atoms with Gasteiger partial charge in [0.1, 0.15) is 24.4 Å². The standard InChI is InChI=1S/C25H36N2O7/c1-7-13-32-24(31)18(14-19(28)34-25(4,5)6)27-23(30)20(16(2)3)21(22(26)29)33-15-17-11-9-8-10-12-17/h7-12,16,18,20-21H,1,13-15H2,2-6H3,(H2,26,29)(H,27,30). The zero-order valence-electron chi connectivity index (χ0n) is 20.5. The SMILES string of the molecule is C=CCOC(=O)C(CC(=O)OC(C)(C)C)NC(=O)C(C(C)C)C(OCc1ccccc1)C(N)=O. The highest BCUT2D eigenvalue weighted by Crippen LogP contribution is 2.21. The molecule has 1 rings (SSSR count). The van der Waals surface area contributed by atoms with E-state index in [2.05, 4.69) is 11.9 Å². The van der Waals surface area contributed by atoms with Crippen LogP contribution in [0.4, 0.5) is 0 Å². The Labute approximate surface area is 201 Å². The maximum Gasteiger partial charge on any atom is 0.329 e. The first-order valence-electron chi connectivity index (χ1n) is 11.1. The second kappa shape index (κ2) is 13.5. The van der Waals surface area contributed by atoms with Crippen LogP contribution in [0.3, 0.4) is 0 Å². The number of rotatable bonds is 13. The average molecular weight is 477 g/mol. The van der Waals surface area contributed by atoms with Crippen molar-refractivity contribution in [2.24, 2.45) is 17.6 Å². The molecule has 0 aliphatic rings. The van der Waals surface area contributed by atoms with Crippen LogP contribution in [0.1, 0.15) is 46.6 Å². The average Bonchev–Trinajstić information content (AvgIpc) is 2.73. The van der Waals surface area contributed by atoms with Gasteiger partial charge in [-0.05, 0) is 32.3 Å². The fourth-order valence-electron chi connectivity index (χ4n) is 3.17. The topological polar surface area (TPSA) is 134 Å². The molecule has 9 nitrogen and oxygen atoms in total. The van der Waals surface area contributed by atoms with E-state index in [1.165, 1.54) is 6.08 Å². The smallest absolute Gasteiger partial charge is 0.329 e. The van der Waals surface area contributed by atoms with Crippen LogP contribution in [-0.4, -0.2) is 48.1 Å². The van der Waals surface area contributed by atoms with Crippen LogP contribution < -0.4 is 11.1 Å². The molecule has 0 radical (unpaired) electrons. The molecular formula is C25H36N2O7. The third-order valence-corrected chi connectivity index (χ3v) is 4.64. The lowest BCUT2D eigenvalue weighted by Gasteiger charge is -2.29. The van der Waals surface area contributed by atoms with E-state index in [9.17, 15) is 19.2 Å². The van der Waals surface area contributed by atoms with Crippen molar-refractivity contribution in [2.75, 3.05) is 6.61 Å². The fraction of sp³-hybridized carbons (Fsp3) is 0.520. The molecule has 0 aromatic heterocycles. The highest BCUT2D eigenvalue weighted by atomic mass is 16.6. The number of hydrogen-bond donors (Lipinski definition) is 2. The molecule has 0 saturated carbocycles. The van der Waals surface area contributed by atoms with Crippen LogP contribution in [0.25, 0.3) is 0 Å². The first kappa shape index (κ1) is 28.8. The van der Waals surface area contributed by atoms with Gasteiger partial charge in [-0.2, -0.15) is 0 Å². The Balaban J connectivity index is 3.07. The van der Waals surface area contributed by atoms with Crippen molar-refractivity contribution in [3.8, 4) is 0 Å². The molecule has 0 aliphatic heterocycles. The number of nitrogens with one attached hydrogen (secondary N) is 1. The largest absolute Gasteiger partial charge is 0.460 e. The van der Waals surface area contributed by atoms with E-state index in [0.717, 1.165) is 5.56 Å². The number of ether oxygens (including phenoxy) is 3. The van der Waals surface area contributed by atoms with Gasteiger partial charge in [0.2, 0.25) is 11.8 Å². The molecule has 9 heteroatoms. The predicted molar refractivity (Wildman–Crippen MR) is 126 cm³/mol. The van der Waals surface area contributed by atoms with Gasteiger partial charge in [-0.1, -0.05) is 56.8 Å². The Hall–Kier alpha value is -3.20. The molecule has 0 heterocycles. The summed E-state index contributed by atoms with van der Waals surface area (Å²) >= 11 is 0. The Morgan fingerprint density at radius 3 is 2.24 bits per heavy atom. The van der Waals surface area contributed by atoms with Crippen molar-refractivity contribution in [1.82, 2.24) is 5.32 Å². The van der Waals surface area contributed by atoms with Gasteiger partial charge in [-0.3, -0.25) is 14.4 Å². The van der Waals surface area contributed by atoms with Crippen molar-refractivity contribution in [3.05, 3.63) is 48.6 Å². The minimum absolute atomic E-state index is 0.0632. The van der Waals surface area contributed by atoms with Gasteiger partial charge < -0.3 is 25.3 Å². The monoisotopic (exact) mass is 476 g/mol. The Morgan fingerprint density at radius 1 is 1.12 bits per heavy atom. The quantitative estimate of drug-likeness (QED) is 0.329. The highest BCUT2D eigenvalue weighted by molar-refractivity contribution is 5.92. The molecule has 3 N–H and O–H groups in total. The van der Waals surface area contributed by atoms with Crippen LogP contribution in [0.15, 0.2) is 43.0 Å². The predicted octanol–water partition coefficient (Wildman–Crippen LogP) is 2.28. The maximum absolute atomic E-state index is 13.2. The number of benzene rings is 1. The number of primary amides is 1. The molecule has 0 saturated heterocycles. The Bertz CT molecular complexity index is 847. The summed E-state index contributed by atoms with van der Waals surface area (Å²) in [6.45, 7) is 12.0. The lowest BCUT2D eigenvalue weighted by atomic mass is 9.88. The first-order valence-corrected chi connectivity index (χ1v) is 11.1. The van der Waals surface area contributed by atoms with Crippen LogP contribution in [0.5, 0.6) is 0 Å². The molecule has 0 bridgehead atoms. The Morgan fingerprint density at radius 2 is 1.74 bits per heavy atom. The second-order valence-corrected chi connectivity index (χ2v) is 9.16. The molecular weight excluding hydrogens is 440 g/mol. The number of carbonyl (C=O) groups excluding carboxylic acids is 4. The van der Waals surface area contributed by atoms with Gasteiger partial charge in [-0.15, -0.1) is 0 Å². The second-order valence-electron chi connectivity index (χ2n) is 9.16. The summed E-state index contributed by atoms with van der Waals surface area (Å²) in [5.74, 6) is -4.41. The summed E-state index contributed by atoms with van der Waals surface area (Å²) in [6.07, 6.45) is -0.343. The van der Waals surface area contributed by atoms with E-state index in [4.69, 9.17) is 19.9 Å². The summed E-state index contributed by atoms with van der Waals surface area (Å²) in [7, 11) is 0. The lowest BCUT2D eigenvalue weighted by Crippen LogP contribution is -2.52. The zero-order chi connectivity index (χ0) is 25.9. The summed E-state index contributed by atoms with van der Waals surface area (Å²) in [5, 5.41) is 2.52. The van der Waals surface area contributed by atoms with Crippen molar-refractivity contribution >= 4 is 23.8 Å². The van der Waals surface area contributed by atoms with Crippen molar-refractivity contribution in [2.45, 2.75) is 65.4 Å². The van der Waals surface area contributed by atoms with Crippen LogP contribution in [0.2, 0.25) is 0 Å². The molecule has 3 atom stereocenters. The van der Waals surface area contributed by atoms with Gasteiger partial charge in [0.15, 0.2) is 0 Å². The number of hydrogen-bond acceptors (Lipinski definition) is 7. The third-order valence-electron chi connectivity index (χ3n) is 4.64. The maximum atomic E-state index is 13.2. The van der Waals surface area contributed by atoms with Gasteiger partial charge in [-0.25, -0.2) is 4.79 Å². The van der Waals surface area contributed by atoms with Crippen molar-refractivity contribution in [1.29, 1.82) is 0 Å². The Kier molecular flexibility index (Phi) is 11.4. The van der Waals surface area contributed by atoms with Crippen LogP contribution in [-0.2, 0) is 40.0 Å². The van der Waals surface area contributed by atoms with E-state index in [1.807, 2.05) is 30.3 Å². The molecule has 1 aromatic carbocycles. The molecule has 0 aliphatic carbocycles. The van der Waals surface area contributed by atoms with Gasteiger partial charge in [0, 0.05) is 0 Å². The van der Waals surface area contributed by atoms with Crippen molar-refractivity contribution < 1.29 is 33.4 Å². The summed E-state index contributed by atoms with van der Waals surface area (Å²) < 4.78 is 16.0. The molecule has 34 heavy (non-hydrogen) atoms. The number of carbonyl (C=O) groups is 4. The van der Waals surface area contributed by atoms with E-state index >= 15 is 0 Å². The molecule has 0 spiro atoms. The minimum atomic E-state index is -1.33.